The highest BCUT2D eigenvalue weighted by atomic mass is 35.5. The number of nitrogens with zero attached hydrogens (tertiary/aromatic N) is 1. The molecule has 1 aliphatic heterocycles. The quantitative estimate of drug-likeness (QED) is 0.420. The predicted octanol–water partition coefficient (Wildman–Crippen LogP) is 4.76. The van der Waals surface area contributed by atoms with E-state index in [0.29, 0.717) is 22.8 Å². The summed E-state index contributed by atoms with van der Waals surface area (Å²) >= 11 is 6.32. The van der Waals surface area contributed by atoms with Gasteiger partial charge in [0.2, 0.25) is 5.90 Å². The van der Waals surface area contributed by atoms with E-state index >= 15 is 0 Å². The zero-order valence-electron chi connectivity index (χ0n) is 18.3. The number of cyclic esters (lactones) is 1. The van der Waals surface area contributed by atoms with Gasteiger partial charge in [-0.25, -0.2) is 14.6 Å². The first-order valence-electron chi connectivity index (χ1n) is 10.1. The van der Waals surface area contributed by atoms with Crippen molar-refractivity contribution in [3.05, 3.63) is 63.8 Å². The Morgan fingerprint density at radius 2 is 1.94 bits per heavy atom. The minimum absolute atomic E-state index is 0.131. The van der Waals surface area contributed by atoms with Crippen molar-refractivity contribution in [2.24, 2.45) is 4.99 Å². The Labute approximate surface area is 191 Å². The number of benzene rings is 2. The summed E-state index contributed by atoms with van der Waals surface area (Å²) < 4.78 is 21.0. The molecule has 0 spiro atoms. The molecular weight excluding hydrogens is 434 g/mol. The second-order valence-corrected chi connectivity index (χ2v) is 7.65. The summed E-state index contributed by atoms with van der Waals surface area (Å²) in [5, 5.41) is 0.209. The Bertz CT molecular complexity index is 1070. The fraction of sp³-hybridized carbons (Fsp3) is 0.292. The van der Waals surface area contributed by atoms with Gasteiger partial charge in [-0.3, -0.25) is 0 Å². The minimum Gasteiger partial charge on any atom is -0.493 e. The zero-order chi connectivity index (χ0) is 23.3. The molecule has 7 nitrogen and oxygen atoms in total. The lowest BCUT2D eigenvalue weighted by Gasteiger charge is -2.12. The third kappa shape index (κ3) is 5.48. The fourth-order valence-corrected chi connectivity index (χ4v) is 3.27. The summed E-state index contributed by atoms with van der Waals surface area (Å²) in [4.78, 5) is 28.2. The fourth-order valence-electron chi connectivity index (χ4n) is 3.00. The largest absolute Gasteiger partial charge is 0.493 e. The average Bonchev–Trinajstić information content (AvgIpc) is 3.13. The molecule has 168 valence electrons. The monoisotopic (exact) mass is 457 g/mol. The Hall–Kier alpha value is -3.32. The van der Waals surface area contributed by atoms with Crippen LogP contribution in [-0.2, 0) is 19.1 Å². The van der Waals surface area contributed by atoms with Crippen LogP contribution >= 0.6 is 11.6 Å². The van der Waals surface area contributed by atoms with Gasteiger partial charge in [-0.2, -0.15) is 0 Å². The molecular formula is C24H24ClNO6. The lowest BCUT2D eigenvalue weighted by Crippen LogP contribution is -2.15. The van der Waals surface area contributed by atoms with Gasteiger partial charge in [-0.05, 0) is 54.3 Å². The van der Waals surface area contributed by atoms with E-state index in [4.69, 9.17) is 30.5 Å². The number of carbonyl (C=O) groups is 2. The van der Waals surface area contributed by atoms with Crippen LogP contribution in [0, 0.1) is 0 Å². The average molecular weight is 458 g/mol. The lowest BCUT2D eigenvalue weighted by atomic mass is 10.0. The molecule has 8 heteroatoms. The Morgan fingerprint density at radius 1 is 1.22 bits per heavy atom. The Kier molecular flexibility index (Phi) is 7.53. The van der Waals surface area contributed by atoms with E-state index in [1.807, 2.05) is 24.3 Å². The van der Waals surface area contributed by atoms with E-state index in [2.05, 4.69) is 18.8 Å². The van der Waals surface area contributed by atoms with E-state index in [1.54, 1.807) is 25.1 Å². The minimum atomic E-state index is -0.564. The van der Waals surface area contributed by atoms with E-state index in [9.17, 15) is 9.59 Å². The van der Waals surface area contributed by atoms with Crippen LogP contribution in [0.3, 0.4) is 0 Å². The van der Waals surface area contributed by atoms with Crippen molar-refractivity contribution in [2.45, 2.75) is 26.7 Å². The molecule has 0 saturated carbocycles. The molecule has 0 saturated heterocycles. The summed E-state index contributed by atoms with van der Waals surface area (Å²) in [6, 6.07) is 10.9. The molecule has 0 atom stereocenters. The summed E-state index contributed by atoms with van der Waals surface area (Å²) in [7, 11) is 1.45. The van der Waals surface area contributed by atoms with E-state index in [-0.39, 0.29) is 35.6 Å². The molecule has 2 aromatic carbocycles. The van der Waals surface area contributed by atoms with Crippen LogP contribution in [0.4, 0.5) is 0 Å². The van der Waals surface area contributed by atoms with Crippen LogP contribution in [0.15, 0.2) is 47.1 Å². The van der Waals surface area contributed by atoms with Crippen molar-refractivity contribution >= 4 is 35.5 Å². The molecule has 0 N–H and O–H groups in total. The van der Waals surface area contributed by atoms with Crippen LogP contribution in [0.1, 0.15) is 43.4 Å². The summed E-state index contributed by atoms with van der Waals surface area (Å²) in [5.41, 5.74) is 2.58. The molecule has 1 heterocycles. The van der Waals surface area contributed by atoms with Gasteiger partial charge >= 0.3 is 11.9 Å². The highest BCUT2D eigenvalue weighted by molar-refractivity contribution is 6.32. The highest BCUT2D eigenvalue weighted by Crippen LogP contribution is 2.37. The van der Waals surface area contributed by atoms with Crippen LogP contribution < -0.4 is 9.47 Å². The lowest BCUT2D eigenvalue weighted by molar-refractivity contribution is -0.145. The first-order chi connectivity index (χ1) is 15.3. The normalized spacial score (nSPS) is 14.4. The summed E-state index contributed by atoms with van der Waals surface area (Å²) in [6.45, 7) is 5.86. The number of esters is 2. The maximum Gasteiger partial charge on any atom is 0.363 e. The van der Waals surface area contributed by atoms with E-state index < -0.39 is 11.9 Å². The zero-order valence-corrected chi connectivity index (χ0v) is 19.1. The van der Waals surface area contributed by atoms with Crippen molar-refractivity contribution in [1.29, 1.82) is 0 Å². The van der Waals surface area contributed by atoms with E-state index in [0.717, 1.165) is 0 Å². The number of carbonyl (C=O) groups excluding carboxylic acids is 2. The highest BCUT2D eigenvalue weighted by Gasteiger charge is 2.24. The van der Waals surface area contributed by atoms with Gasteiger partial charge in [-0.1, -0.05) is 37.6 Å². The van der Waals surface area contributed by atoms with Gasteiger partial charge in [0, 0.05) is 5.56 Å². The topological polar surface area (TPSA) is 83.4 Å². The third-order valence-electron chi connectivity index (χ3n) is 4.64. The maximum atomic E-state index is 12.3. The Morgan fingerprint density at radius 3 is 2.56 bits per heavy atom. The third-order valence-corrected chi connectivity index (χ3v) is 4.92. The first kappa shape index (κ1) is 23.3. The van der Waals surface area contributed by atoms with Gasteiger partial charge in [-0.15, -0.1) is 0 Å². The molecule has 0 amide bonds. The second-order valence-electron chi connectivity index (χ2n) is 7.24. The van der Waals surface area contributed by atoms with Crippen LogP contribution in [0.25, 0.3) is 6.08 Å². The predicted molar refractivity (Wildman–Crippen MR) is 121 cm³/mol. The second kappa shape index (κ2) is 10.3. The molecule has 0 radical (unpaired) electrons. The molecule has 2 aromatic rings. The number of rotatable bonds is 8. The van der Waals surface area contributed by atoms with Crippen LogP contribution in [0.5, 0.6) is 11.5 Å². The van der Waals surface area contributed by atoms with Gasteiger partial charge < -0.3 is 18.9 Å². The van der Waals surface area contributed by atoms with Gasteiger partial charge in [0.1, 0.15) is 0 Å². The van der Waals surface area contributed by atoms with Gasteiger partial charge in [0.05, 0.1) is 18.7 Å². The first-order valence-corrected chi connectivity index (χ1v) is 10.5. The van der Waals surface area contributed by atoms with Gasteiger partial charge in [0.15, 0.2) is 23.8 Å². The smallest absolute Gasteiger partial charge is 0.363 e. The molecule has 0 aromatic heterocycles. The van der Waals surface area contributed by atoms with Crippen molar-refractivity contribution in [3.63, 3.8) is 0 Å². The van der Waals surface area contributed by atoms with Crippen LogP contribution in [0.2, 0.25) is 5.02 Å². The van der Waals surface area contributed by atoms with Crippen molar-refractivity contribution in [1.82, 2.24) is 0 Å². The molecule has 3 rings (SSSR count). The molecule has 32 heavy (non-hydrogen) atoms. The van der Waals surface area contributed by atoms with Crippen LogP contribution in [-0.4, -0.2) is 38.2 Å². The maximum absolute atomic E-state index is 12.3. The number of methoxy groups -OCH3 is 1. The van der Waals surface area contributed by atoms with Crippen molar-refractivity contribution < 1.29 is 28.5 Å². The molecule has 0 aliphatic carbocycles. The number of ether oxygens (including phenoxy) is 4. The molecule has 0 bridgehead atoms. The molecule has 1 aliphatic rings. The van der Waals surface area contributed by atoms with E-state index in [1.165, 1.54) is 12.7 Å². The van der Waals surface area contributed by atoms with Crippen molar-refractivity contribution in [2.75, 3.05) is 20.3 Å². The van der Waals surface area contributed by atoms with Gasteiger partial charge in [0.25, 0.3) is 0 Å². The number of halogens is 1. The standard InChI is InChI=1S/C24H24ClNO6/c1-5-30-21(27)13-31-22-18(25)10-15(12-20(22)29-4)11-19-24(28)32-23(26-19)17-8-6-16(7-9-17)14(2)3/h6-12,14H,5,13H2,1-4H3/b19-11-. The van der Waals surface area contributed by atoms with Crippen molar-refractivity contribution in [3.8, 4) is 11.5 Å². The molecule has 0 fully saturated rings. The number of hydrogen-bond donors (Lipinski definition) is 0. The molecule has 0 unspecified atom stereocenters. The summed E-state index contributed by atoms with van der Waals surface area (Å²) in [5.74, 6) is 0.0568. The SMILES string of the molecule is CCOC(=O)COc1c(Cl)cc(/C=C2\N=C(c3ccc(C(C)C)cc3)OC2=O)cc1OC. The number of hydrogen-bond acceptors (Lipinski definition) is 7. The number of aliphatic imine (C=N–C) groups is 1. The summed E-state index contributed by atoms with van der Waals surface area (Å²) in [6.07, 6.45) is 1.54. The Balaban J connectivity index is 1.84.